The predicted octanol–water partition coefficient (Wildman–Crippen LogP) is 3.22. The van der Waals surface area contributed by atoms with Crippen molar-refractivity contribution in [2.75, 3.05) is 37.4 Å². The molecule has 0 bridgehead atoms. The van der Waals surface area contributed by atoms with Crippen molar-refractivity contribution in [1.29, 1.82) is 0 Å². The van der Waals surface area contributed by atoms with Crippen LogP contribution >= 0.6 is 0 Å². The molecule has 6 nitrogen and oxygen atoms in total. The minimum atomic E-state index is 0.0992. The highest BCUT2D eigenvalue weighted by molar-refractivity contribution is 5.95. The van der Waals surface area contributed by atoms with Gasteiger partial charge in [-0.25, -0.2) is 4.98 Å². The Morgan fingerprint density at radius 2 is 1.96 bits per heavy atom. The average molecular weight is 339 g/mol. The van der Waals surface area contributed by atoms with Gasteiger partial charge in [0.2, 0.25) is 5.95 Å². The predicted molar refractivity (Wildman–Crippen MR) is 101 cm³/mol. The molecule has 6 heteroatoms. The molecular formula is C19H25N5O. The molecule has 1 aliphatic rings. The first kappa shape index (κ1) is 17.2. The van der Waals surface area contributed by atoms with Gasteiger partial charge in [-0.1, -0.05) is 6.07 Å². The maximum absolute atomic E-state index is 12.7. The van der Waals surface area contributed by atoms with Crippen molar-refractivity contribution < 1.29 is 4.79 Å². The molecule has 0 atom stereocenters. The van der Waals surface area contributed by atoms with Gasteiger partial charge in [0, 0.05) is 50.2 Å². The van der Waals surface area contributed by atoms with E-state index in [0.29, 0.717) is 11.5 Å². The molecule has 2 aromatic rings. The first-order chi connectivity index (χ1) is 12.0. The van der Waals surface area contributed by atoms with Crippen LogP contribution in [0, 0.1) is 6.92 Å². The molecular weight excluding hydrogens is 314 g/mol. The number of aromatic nitrogens is 2. The van der Waals surface area contributed by atoms with Crippen molar-refractivity contribution >= 4 is 23.4 Å². The van der Waals surface area contributed by atoms with Gasteiger partial charge in [0.15, 0.2) is 0 Å². The Labute approximate surface area is 148 Å². The summed E-state index contributed by atoms with van der Waals surface area (Å²) in [5, 5.41) is 3.20. The molecule has 1 fully saturated rings. The Morgan fingerprint density at radius 1 is 1.20 bits per heavy atom. The second-order valence-corrected chi connectivity index (χ2v) is 6.65. The zero-order valence-electron chi connectivity index (χ0n) is 15.1. The molecule has 0 unspecified atom stereocenters. The Kier molecular flexibility index (Phi) is 5.16. The van der Waals surface area contributed by atoms with E-state index in [2.05, 4.69) is 15.3 Å². The lowest BCUT2D eigenvalue weighted by molar-refractivity contribution is 0.0724. The third kappa shape index (κ3) is 4.07. The van der Waals surface area contributed by atoms with Crippen LogP contribution in [0.15, 0.2) is 30.5 Å². The fourth-order valence-corrected chi connectivity index (χ4v) is 3.08. The number of benzene rings is 1. The first-order valence-electron chi connectivity index (χ1n) is 8.72. The zero-order chi connectivity index (χ0) is 17.8. The second kappa shape index (κ2) is 7.51. The van der Waals surface area contributed by atoms with Gasteiger partial charge in [0.05, 0.1) is 0 Å². The molecule has 1 aliphatic heterocycles. The number of amides is 1. The molecule has 0 saturated carbocycles. The summed E-state index contributed by atoms with van der Waals surface area (Å²) in [6.45, 7) is 3.69. The highest BCUT2D eigenvalue weighted by Gasteiger charge is 2.18. The fraction of sp³-hybridized carbons (Fsp3) is 0.421. The number of anilines is 3. The SMILES string of the molecule is Cc1cnc(Nc2cccc(C(=O)N3CCCCC3)c2)nc1N(C)C. The monoisotopic (exact) mass is 339 g/mol. The molecule has 1 amide bonds. The van der Waals surface area contributed by atoms with E-state index in [1.54, 1.807) is 6.20 Å². The van der Waals surface area contributed by atoms with E-state index in [0.717, 1.165) is 43.0 Å². The Bertz CT molecular complexity index is 753. The number of carbonyl (C=O) groups excluding carboxylic acids is 1. The Balaban J connectivity index is 1.78. The van der Waals surface area contributed by atoms with Crippen molar-refractivity contribution in [1.82, 2.24) is 14.9 Å². The topological polar surface area (TPSA) is 61.4 Å². The van der Waals surface area contributed by atoms with Gasteiger partial charge in [-0.3, -0.25) is 4.79 Å². The second-order valence-electron chi connectivity index (χ2n) is 6.65. The lowest BCUT2D eigenvalue weighted by Crippen LogP contribution is -2.35. The molecule has 0 spiro atoms. The van der Waals surface area contributed by atoms with Crippen LogP contribution in [0.3, 0.4) is 0 Å². The molecule has 1 saturated heterocycles. The highest BCUT2D eigenvalue weighted by atomic mass is 16.2. The number of hydrogen-bond acceptors (Lipinski definition) is 5. The van der Waals surface area contributed by atoms with Crippen LogP contribution in [0.2, 0.25) is 0 Å². The van der Waals surface area contributed by atoms with Crippen LogP contribution in [0.25, 0.3) is 0 Å². The van der Waals surface area contributed by atoms with Crippen LogP contribution in [-0.4, -0.2) is 48.0 Å². The number of likely N-dealkylation sites (tertiary alicyclic amines) is 1. The third-order valence-corrected chi connectivity index (χ3v) is 4.38. The molecule has 25 heavy (non-hydrogen) atoms. The minimum absolute atomic E-state index is 0.0992. The van der Waals surface area contributed by atoms with Crippen LogP contribution in [-0.2, 0) is 0 Å². The van der Waals surface area contributed by atoms with E-state index in [1.807, 2.05) is 55.1 Å². The van der Waals surface area contributed by atoms with Gasteiger partial charge < -0.3 is 15.1 Å². The lowest BCUT2D eigenvalue weighted by atomic mass is 10.1. The standard InChI is InChI=1S/C19H25N5O/c1-14-13-20-19(22-17(14)23(2)3)21-16-9-7-8-15(12-16)18(25)24-10-5-4-6-11-24/h7-9,12-13H,4-6,10-11H2,1-3H3,(H,20,21,22). The van der Waals surface area contributed by atoms with Crippen LogP contribution in [0.1, 0.15) is 35.2 Å². The van der Waals surface area contributed by atoms with Gasteiger partial charge in [-0.2, -0.15) is 4.98 Å². The zero-order valence-corrected chi connectivity index (χ0v) is 15.1. The lowest BCUT2D eigenvalue weighted by Gasteiger charge is -2.26. The largest absolute Gasteiger partial charge is 0.362 e. The van der Waals surface area contributed by atoms with E-state index < -0.39 is 0 Å². The van der Waals surface area contributed by atoms with E-state index in [1.165, 1.54) is 6.42 Å². The summed E-state index contributed by atoms with van der Waals surface area (Å²) >= 11 is 0. The van der Waals surface area contributed by atoms with Crippen molar-refractivity contribution in [3.8, 4) is 0 Å². The molecule has 0 radical (unpaired) electrons. The summed E-state index contributed by atoms with van der Waals surface area (Å²) in [6.07, 6.45) is 5.19. The van der Waals surface area contributed by atoms with Crippen molar-refractivity contribution in [3.63, 3.8) is 0 Å². The number of hydrogen-bond donors (Lipinski definition) is 1. The van der Waals surface area contributed by atoms with Crippen molar-refractivity contribution in [2.24, 2.45) is 0 Å². The first-order valence-corrected chi connectivity index (χ1v) is 8.72. The quantitative estimate of drug-likeness (QED) is 0.927. The molecule has 1 aromatic carbocycles. The van der Waals surface area contributed by atoms with Crippen LogP contribution < -0.4 is 10.2 Å². The normalized spacial score (nSPS) is 14.3. The van der Waals surface area contributed by atoms with E-state index in [4.69, 9.17) is 0 Å². The molecule has 1 N–H and O–H groups in total. The number of aryl methyl sites for hydroxylation is 1. The van der Waals surface area contributed by atoms with Crippen LogP contribution in [0.4, 0.5) is 17.5 Å². The van der Waals surface area contributed by atoms with Gasteiger partial charge in [0.25, 0.3) is 5.91 Å². The highest BCUT2D eigenvalue weighted by Crippen LogP contribution is 2.20. The Morgan fingerprint density at radius 3 is 2.68 bits per heavy atom. The number of nitrogens with one attached hydrogen (secondary N) is 1. The summed E-state index contributed by atoms with van der Waals surface area (Å²) in [7, 11) is 3.91. The third-order valence-electron chi connectivity index (χ3n) is 4.38. The summed E-state index contributed by atoms with van der Waals surface area (Å²) < 4.78 is 0. The van der Waals surface area contributed by atoms with Gasteiger partial charge in [-0.15, -0.1) is 0 Å². The van der Waals surface area contributed by atoms with Gasteiger partial charge >= 0.3 is 0 Å². The smallest absolute Gasteiger partial charge is 0.253 e. The minimum Gasteiger partial charge on any atom is -0.362 e. The van der Waals surface area contributed by atoms with Gasteiger partial charge in [0.1, 0.15) is 5.82 Å². The van der Waals surface area contributed by atoms with Crippen LogP contribution in [0.5, 0.6) is 0 Å². The molecule has 132 valence electrons. The summed E-state index contributed by atoms with van der Waals surface area (Å²) in [6, 6.07) is 7.55. The Hall–Kier alpha value is -2.63. The number of nitrogens with zero attached hydrogens (tertiary/aromatic N) is 4. The fourth-order valence-electron chi connectivity index (χ4n) is 3.08. The number of piperidine rings is 1. The van der Waals surface area contributed by atoms with Gasteiger partial charge in [-0.05, 0) is 44.4 Å². The van der Waals surface area contributed by atoms with Crippen molar-refractivity contribution in [2.45, 2.75) is 26.2 Å². The van der Waals surface area contributed by atoms with E-state index in [-0.39, 0.29) is 5.91 Å². The molecule has 3 rings (SSSR count). The molecule has 0 aliphatic carbocycles. The summed E-state index contributed by atoms with van der Waals surface area (Å²) in [5.41, 5.74) is 2.54. The van der Waals surface area contributed by atoms with E-state index >= 15 is 0 Å². The number of rotatable bonds is 4. The van der Waals surface area contributed by atoms with E-state index in [9.17, 15) is 4.79 Å². The summed E-state index contributed by atoms with van der Waals surface area (Å²) in [4.78, 5) is 25.4. The maximum atomic E-state index is 12.7. The average Bonchev–Trinajstić information content (AvgIpc) is 2.63. The summed E-state index contributed by atoms with van der Waals surface area (Å²) in [5.74, 6) is 1.50. The maximum Gasteiger partial charge on any atom is 0.253 e. The van der Waals surface area contributed by atoms with Crippen molar-refractivity contribution in [3.05, 3.63) is 41.6 Å². The number of carbonyl (C=O) groups is 1. The molecule has 1 aromatic heterocycles. The molecule has 2 heterocycles.